The van der Waals surface area contributed by atoms with Crippen LogP contribution < -0.4 is 27.2 Å². The zero-order valence-electron chi connectivity index (χ0n) is 49.8. The van der Waals surface area contributed by atoms with Crippen molar-refractivity contribution in [3.63, 3.8) is 0 Å². The van der Waals surface area contributed by atoms with Gasteiger partial charge in [0.25, 0.3) is 11.1 Å². The standard InChI is InChI=1S/C32H38FN5O5.C28H31ClFN5O4.C4H8O/c1-21(2)38-29-27(31(39)36(32(38)40)16-6-18-42-26-8-3-4-17-41-26)37(19-22-11-13-24(33)14-12-22)28(35-29)25-7-5-15-34-30(25)43-20-23-9-10-23;1-18(2)35-26-23(27(36)33(28(35)37)14-6-16-39-22-8-3-4-15-38-22)34(17-19-9-11-20(30)12-10-19)25(32-26)21-7-5-13-31-24(21)29;5-3-4-1-2-4/h5,7,11-15,21,23,26H,3-4,6,8-10,16-20H2,1-2H3;5,7,9-13,18,22H,3-4,6,8,14-17H2,1-2H3;4-5H,1-3H2. The van der Waals surface area contributed by atoms with Crippen LogP contribution in [0.5, 0.6) is 5.88 Å². The van der Waals surface area contributed by atoms with Crippen LogP contribution in [0, 0.1) is 23.5 Å². The van der Waals surface area contributed by atoms with Crippen LogP contribution >= 0.6 is 11.6 Å². The molecule has 0 radical (unpaired) electrons. The van der Waals surface area contributed by atoms with E-state index in [1.165, 1.54) is 50.8 Å². The van der Waals surface area contributed by atoms with Gasteiger partial charge in [-0.15, -0.1) is 0 Å². The van der Waals surface area contributed by atoms with Gasteiger partial charge in [-0.2, -0.15) is 0 Å². The van der Waals surface area contributed by atoms with Crippen LogP contribution in [-0.4, -0.2) is 105 Å². The van der Waals surface area contributed by atoms with E-state index >= 15 is 0 Å². The number of imidazole rings is 2. The van der Waals surface area contributed by atoms with E-state index in [0.29, 0.717) is 104 Å². The number of aliphatic hydroxyl groups is 1. The number of aliphatic hydroxyl groups excluding tert-OH is 1. The zero-order chi connectivity index (χ0) is 61.1. The maximum absolute atomic E-state index is 14.2. The van der Waals surface area contributed by atoms with E-state index in [1.54, 1.807) is 68.6 Å². The fourth-order valence-electron chi connectivity index (χ4n) is 10.7. The van der Waals surface area contributed by atoms with E-state index in [9.17, 15) is 28.0 Å². The van der Waals surface area contributed by atoms with Gasteiger partial charge in [-0.25, -0.2) is 38.3 Å². The first-order chi connectivity index (χ1) is 42.2. The minimum absolute atomic E-state index is 0.178. The summed E-state index contributed by atoms with van der Waals surface area (Å²) in [6.07, 6.45) is 14.3. The maximum Gasteiger partial charge on any atom is 0.332 e. The van der Waals surface area contributed by atoms with Crippen molar-refractivity contribution in [2.45, 2.75) is 156 Å². The molecule has 12 rings (SSSR count). The Morgan fingerprint density at radius 2 is 1.06 bits per heavy atom. The van der Waals surface area contributed by atoms with Crippen LogP contribution in [0.3, 0.4) is 0 Å². The predicted octanol–water partition coefficient (Wildman–Crippen LogP) is 10.1. The summed E-state index contributed by atoms with van der Waals surface area (Å²) in [6, 6.07) is 18.8. The molecule has 2 atom stereocenters. The molecule has 0 spiro atoms. The molecule has 6 aromatic heterocycles. The average Bonchev–Trinajstić information content (AvgIpc) is 1.68. The van der Waals surface area contributed by atoms with Crippen LogP contribution in [0.2, 0.25) is 5.15 Å². The summed E-state index contributed by atoms with van der Waals surface area (Å²) in [5.41, 5.74) is 2.04. The van der Waals surface area contributed by atoms with Crippen molar-refractivity contribution in [1.29, 1.82) is 0 Å². The smallest absolute Gasteiger partial charge is 0.332 e. The van der Waals surface area contributed by atoms with E-state index in [2.05, 4.69) is 9.97 Å². The molecular weight excluding hydrogens is 1140 g/mol. The molecule has 2 saturated heterocycles. The van der Waals surface area contributed by atoms with E-state index < -0.39 is 22.5 Å². The summed E-state index contributed by atoms with van der Waals surface area (Å²) in [5.74, 6) is 1.77. The molecule has 87 heavy (non-hydrogen) atoms. The lowest BCUT2D eigenvalue weighted by Crippen LogP contribution is -2.41. The van der Waals surface area contributed by atoms with Crippen molar-refractivity contribution in [2.75, 3.05) is 39.6 Å². The van der Waals surface area contributed by atoms with Crippen molar-refractivity contribution in [2.24, 2.45) is 11.8 Å². The van der Waals surface area contributed by atoms with E-state index in [4.69, 9.17) is 50.4 Å². The lowest BCUT2D eigenvalue weighted by Gasteiger charge is -2.22. The van der Waals surface area contributed by atoms with Crippen LogP contribution in [0.15, 0.2) is 104 Å². The van der Waals surface area contributed by atoms with Crippen molar-refractivity contribution in [3.05, 3.63) is 155 Å². The first-order valence-corrected chi connectivity index (χ1v) is 30.8. The number of pyridine rings is 2. The van der Waals surface area contributed by atoms with E-state index in [1.807, 2.05) is 33.8 Å². The van der Waals surface area contributed by atoms with Gasteiger partial charge in [0.1, 0.15) is 28.4 Å². The first kappa shape index (κ1) is 62.8. The molecule has 0 bridgehead atoms. The molecular formula is C64H77ClF2N10O10. The highest BCUT2D eigenvalue weighted by Gasteiger charge is 2.29. The molecule has 0 amide bonds. The Bertz CT molecular complexity index is 3860. The number of hydrogen-bond donors (Lipinski definition) is 1. The average molecular weight is 1220 g/mol. The molecule has 2 unspecified atom stereocenters. The number of halogens is 3. The highest BCUT2D eigenvalue weighted by molar-refractivity contribution is 6.32. The third-order valence-electron chi connectivity index (χ3n) is 15.7. The fourth-order valence-corrected chi connectivity index (χ4v) is 10.9. The molecule has 464 valence electrons. The van der Waals surface area contributed by atoms with Gasteiger partial charge in [0.05, 0.1) is 30.9 Å². The Balaban J connectivity index is 0.000000179. The molecule has 2 aromatic carbocycles. The third kappa shape index (κ3) is 15.4. The second-order valence-electron chi connectivity index (χ2n) is 23.2. The second-order valence-corrected chi connectivity index (χ2v) is 23.5. The summed E-state index contributed by atoms with van der Waals surface area (Å²) in [4.78, 5) is 73.8. The fraction of sp³-hybridized carbons (Fsp3) is 0.500. The quantitative estimate of drug-likeness (QED) is 0.0494. The normalized spacial score (nSPS) is 16.9. The van der Waals surface area contributed by atoms with Crippen molar-refractivity contribution < 1.29 is 37.6 Å². The summed E-state index contributed by atoms with van der Waals surface area (Å²) in [7, 11) is 0. The maximum atomic E-state index is 14.2. The Kier molecular flexibility index (Phi) is 21.1. The highest BCUT2D eigenvalue weighted by Crippen LogP contribution is 2.35. The van der Waals surface area contributed by atoms with E-state index in [-0.39, 0.29) is 78.8 Å². The molecule has 2 aliphatic heterocycles. The van der Waals surface area contributed by atoms with Gasteiger partial charge >= 0.3 is 11.4 Å². The van der Waals surface area contributed by atoms with Crippen molar-refractivity contribution in [3.8, 4) is 28.7 Å². The summed E-state index contributed by atoms with van der Waals surface area (Å²) >= 11 is 6.45. The molecule has 2 aliphatic carbocycles. The minimum atomic E-state index is -0.457. The molecule has 1 N–H and O–H groups in total. The van der Waals surface area contributed by atoms with Gasteiger partial charge in [0.15, 0.2) is 34.9 Å². The largest absolute Gasteiger partial charge is 0.477 e. The van der Waals surface area contributed by atoms with Crippen LogP contribution in [0.4, 0.5) is 8.78 Å². The molecule has 4 fully saturated rings. The lowest BCUT2D eigenvalue weighted by molar-refractivity contribution is -0.163. The number of aromatic nitrogens is 10. The molecule has 23 heteroatoms. The SMILES string of the molecule is CC(C)n1c(=O)n(CCCOC2CCCCO2)c(=O)c2c1nc(-c1cccnc1Cl)n2Cc1ccc(F)cc1.CC(C)n1c(=O)n(CCCOC2CCCCO2)c(=O)c2c1nc(-c1cccnc1OCC1CC1)n2Cc1ccc(F)cc1.OCC1CC1. The summed E-state index contributed by atoms with van der Waals surface area (Å²) in [5, 5.41) is 8.42. The lowest BCUT2D eigenvalue weighted by atomic mass is 10.2. The Hall–Kier alpha value is -7.21. The highest BCUT2D eigenvalue weighted by atomic mass is 35.5. The van der Waals surface area contributed by atoms with Gasteiger partial charge in [-0.1, -0.05) is 35.9 Å². The molecule has 2 saturated carbocycles. The van der Waals surface area contributed by atoms with Crippen LogP contribution in [0.25, 0.3) is 45.1 Å². The minimum Gasteiger partial charge on any atom is -0.477 e. The predicted molar refractivity (Wildman–Crippen MR) is 326 cm³/mol. The number of hydrogen-bond acceptors (Lipinski definition) is 14. The van der Waals surface area contributed by atoms with Crippen LogP contribution in [0.1, 0.15) is 128 Å². The Morgan fingerprint density at radius 1 is 0.598 bits per heavy atom. The number of nitrogens with zero attached hydrogens (tertiary/aromatic N) is 10. The summed E-state index contributed by atoms with van der Waals surface area (Å²) < 4.78 is 65.6. The monoisotopic (exact) mass is 1220 g/mol. The van der Waals surface area contributed by atoms with E-state index in [0.717, 1.165) is 62.5 Å². The van der Waals surface area contributed by atoms with Gasteiger partial charge in [0.2, 0.25) is 5.88 Å². The number of rotatable bonds is 22. The second kappa shape index (κ2) is 29.2. The first-order valence-electron chi connectivity index (χ1n) is 30.4. The number of fused-ring (bicyclic) bond motifs is 2. The number of benzene rings is 2. The molecule has 20 nitrogen and oxygen atoms in total. The van der Waals surface area contributed by atoms with Crippen molar-refractivity contribution >= 4 is 33.9 Å². The van der Waals surface area contributed by atoms with Gasteiger partial charge in [0, 0.05) is 70.5 Å². The van der Waals surface area contributed by atoms with Gasteiger partial charge < -0.3 is 37.9 Å². The topological polar surface area (TPSA) is 216 Å². The Morgan fingerprint density at radius 3 is 1.47 bits per heavy atom. The molecule has 4 aliphatic rings. The molecule has 8 aromatic rings. The molecule has 8 heterocycles. The third-order valence-corrected chi connectivity index (χ3v) is 16.0. The van der Waals surface area contributed by atoms with Gasteiger partial charge in [-0.3, -0.25) is 27.9 Å². The van der Waals surface area contributed by atoms with Gasteiger partial charge in [-0.05, 0) is 176 Å². The number of ether oxygens (including phenoxy) is 5. The zero-order valence-corrected chi connectivity index (χ0v) is 50.6. The van der Waals surface area contributed by atoms with Crippen LogP contribution in [-0.2, 0) is 45.1 Å². The summed E-state index contributed by atoms with van der Waals surface area (Å²) in [6.45, 7) is 11.4. The van der Waals surface area contributed by atoms with Crippen molar-refractivity contribution in [1.82, 2.24) is 47.3 Å². The Labute approximate surface area is 507 Å².